The second-order valence-corrected chi connectivity index (χ2v) is 9.31. The van der Waals surface area contributed by atoms with E-state index < -0.39 is 5.91 Å². The number of methoxy groups -OCH3 is 1. The van der Waals surface area contributed by atoms with Crippen LogP contribution in [0.5, 0.6) is 5.75 Å². The number of anilines is 2. The highest BCUT2D eigenvalue weighted by molar-refractivity contribution is 6.30. The van der Waals surface area contributed by atoms with Crippen LogP contribution in [0.2, 0.25) is 5.02 Å². The van der Waals surface area contributed by atoms with Crippen LogP contribution in [0.1, 0.15) is 12.8 Å². The standard InChI is InChI=1S/C28H25ClFN5O3/c1-38-24-13-5-18(6-14-24)25-16-34(22-9-7-20(30)8-10-22)27(32-25)33-26(36)17-35(23-11-12-23)28(37)31-21-4-2-3-19(29)15-21/h2-10,13-16,23H,11-12,17H2,1H3,(H,31,37)(H,32,33,36). The van der Waals surface area contributed by atoms with Crippen LogP contribution in [-0.2, 0) is 4.79 Å². The van der Waals surface area contributed by atoms with Crippen LogP contribution in [0.25, 0.3) is 16.9 Å². The number of amides is 3. The summed E-state index contributed by atoms with van der Waals surface area (Å²) in [7, 11) is 1.59. The number of hydrogen-bond donors (Lipinski definition) is 2. The smallest absolute Gasteiger partial charge is 0.322 e. The van der Waals surface area contributed by atoms with Gasteiger partial charge in [-0.3, -0.25) is 14.7 Å². The van der Waals surface area contributed by atoms with Crippen molar-refractivity contribution in [2.75, 3.05) is 24.3 Å². The Hall–Kier alpha value is -4.37. The number of carbonyl (C=O) groups excluding carboxylic acids is 2. The Labute approximate surface area is 224 Å². The molecule has 0 radical (unpaired) electrons. The summed E-state index contributed by atoms with van der Waals surface area (Å²) in [6.07, 6.45) is 3.40. The molecule has 10 heteroatoms. The number of urea groups is 1. The third kappa shape index (κ3) is 5.95. The SMILES string of the molecule is COc1ccc(-c2cn(-c3ccc(F)cc3)c(NC(=O)CN(C(=O)Nc3cccc(Cl)c3)C3CC3)n2)cc1. The second kappa shape index (κ2) is 10.9. The molecule has 8 nitrogen and oxygen atoms in total. The minimum absolute atomic E-state index is 0.0216. The van der Waals surface area contributed by atoms with Gasteiger partial charge in [-0.2, -0.15) is 0 Å². The van der Waals surface area contributed by atoms with Crippen LogP contribution in [-0.4, -0.2) is 46.1 Å². The lowest BCUT2D eigenvalue weighted by Gasteiger charge is -2.22. The molecule has 38 heavy (non-hydrogen) atoms. The number of imidazole rings is 1. The summed E-state index contributed by atoms with van der Waals surface area (Å²) in [6.45, 7) is -0.161. The van der Waals surface area contributed by atoms with Crippen molar-refractivity contribution in [3.8, 4) is 22.7 Å². The zero-order valence-corrected chi connectivity index (χ0v) is 21.3. The van der Waals surface area contributed by atoms with Gasteiger partial charge < -0.3 is 15.0 Å². The average Bonchev–Trinajstić information content (AvgIpc) is 3.67. The van der Waals surface area contributed by atoms with Crippen molar-refractivity contribution < 1.29 is 18.7 Å². The van der Waals surface area contributed by atoms with Crippen molar-refractivity contribution in [3.63, 3.8) is 0 Å². The average molecular weight is 534 g/mol. The summed E-state index contributed by atoms with van der Waals surface area (Å²) in [4.78, 5) is 32.3. The van der Waals surface area contributed by atoms with Gasteiger partial charge in [0.05, 0.1) is 12.8 Å². The molecule has 5 rings (SSSR count). The number of rotatable bonds is 8. The van der Waals surface area contributed by atoms with Gasteiger partial charge in [-0.25, -0.2) is 14.2 Å². The zero-order chi connectivity index (χ0) is 26.6. The van der Waals surface area contributed by atoms with Crippen molar-refractivity contribution in [2.24, 2.45) is 0 Å². The summed E-state index contributed by atoms with van der Waals surface area (Å²) in [5.74, 6) is 0.170. The molecule has 3 amide bonds. The van der Waals surface area contributed by atoms with E-state index in [-0.39, 0.29) is 30.4 Å². The van der Waals surface area contributed by atoms with Gasteiger partial charge in [0.25, 0.3) is 0 Å². The topological polar surface area (TPSA) is 88.5 Å². The van der Waals surface area contributed by atoms with Gasteiger partial charge in [-0.05, 0) is 79.6 Å². The third-order valence-corrected chi connectivity index (χ3v) is 6.32. The lowest BCUT2D eigenvalue weighted by molar-refractivity contribution is -0.116. The van der Waals surface area contributed by atoms with Crippen LogP contribution in [0.3, 0.4) is 0 Å². The highest BCUT2D eigenvalue weighted by Crippen LogP contribution is 2.29. The molecule has 1 aromatic heterocycles. The fraction of sp³-hybridized carbons (Fsp3) is 0.179. The maximum Gasteiger partial charge on any atom is 0.322 e. The molecule has 1 heterocycles. The highest BCUT2D eigenvalue weighted by atomic mass is 35.5. The Bertz CT molecular complexity index is 1450. The number of benzene rings is 3. The van der Waals surface area contributed by atoms with Gasteiger partial charge in [-0.15, -0.1) is 0 Å². The first kappa shape index (κ1) is 25.3. The Morgan fingerprint density at radius 1 is 1.08 bits per heavy atom. The summed E-state index contributed by atoms with van der Waals surface area (Å²) in [6, 6.07) is 19.6. The molecule has 0 spiro atoms. The van der Waals surface area contributed by atoms with Crippen LogP contribution in [0.4, 0.5) is 20.8 Å². The maximum atomic E-state index is 13.6. The minimum Gasteiger partial charge on any atom is -0.497 e. The zero-order valence-electron chi connectivity index (χ0n) is 20.5. The number of halogens is 2. The first-order chi connectivity index (χ1) is 18.4. The number of nitrogens with one attached hydrogen (secondary N) is 2. The molecular weight excluding hydrogens is 509 g/mol. The molecular formula is C28H25ClFN5O3. The number of nitrogens with zero attached hydrogens (tertiary/aromatic N) is 3. The summed E-state index contributed by atoms with van der Waals surface area (Å²) in [5, 5.41) is 6.13. The van der Waals surface area contributed by atoms with Crippen LogP contribution in [0, 0.1) is 5.82 Å². The minimum atomic E-state index is -0.409. The molecule has 0 atom stereocenters. The lowest BCUT2D eigenvalue weighted by Crippen LogP contribution is -2.42. The third-order valence-electron chi connectivity index (χ3n) is 6.09. The van der Waals surface area contributed by atoms with E-state index in [0.717, 1.165) is 18.4 Å². The molecule has 0 bridgehead atoms. The van der Waals surface area contributed by atoms with Gasteiger partial charge in [0, 0.05) is 34.2 Å². The molecule has 0 unspecified atom stereocenters. The molecule has 3 aromatic carbocycles. The predicted octanol–water partition coefficient (Wildman–Crippen LogP) is 5.98. The molecule has 1 fully saturated rings. The van der Waals surface area contributed by atoms with Crippen molar-refractivity contribution in [1.82, 2.24) is 14.5 Å². The molecule has 1 aliphatic carbocycles. The Balaban J connectivity index is 1.37. The van der Waals surface area contributed by atoms with E-state index in [1.165, 1.54) is 17.0 Å². The Morgan fingerprint density at radius 2 is 1.82 bits per heavy atom. The van der Waals surface area contributed by atoms with Crippen molar-refractivity contribution in [2.45, 2.75) is 18.9 Å². The molecule has 0 saturated heterocycles. The molecule has 0 aliphatic heterocycles. The highest BCUT2D eigenvalue weighted by Gasteiger charge is 2.34. The van der Waals surface area contributed by atoms with Crippen molar-refractivity contribution in [1.29, 1.82) is 0 Å². The number of ether oxygens (including phenoxy) is 1. The van der Waals surface area contributed by atoms with Crippen LogP contribution < -0.4 is 15.4 Å². The molecule has 1 saturated carbocycles. The van der Waals surface area contributed by atoms with E-state index in [0.29, 0.717) is 27.8 Å². The number of carbonyl (C=O) groups is 2. The molecule has 194 valence electrons. The Morgan fingerprint density at radius 3 is 2.47 bits per heavy atom. The van der Waals surface area contributed by atoms with E-state index in [4.69, 9.17) is 16.3 Å². The van der Waals surface area contributed by atoms with Gasteiger partial charge in [-0.1, -0.05) is 17.7 Å². The summed E-state index contributed by atoms with van der Waals surface area (Å²) in [5.41, 5.74) is 2.57. The van der Waals surface area contributed by atoms with Gasteiger partial charge >= 0.3 is 6.03 Å². The first-order valence-electron chi connectivity index (χ1n) is 12.0. The van der Waals surface area contributed by atoms with E-state index >= 15 is 0 Å². The second-order valence-electron chi connectivity index (χ2n) is 8.87. The van der Waals surface area contributed by atoms with Crippen LogP contribution >= 0.6 is 11.6 Å². The monoisotopic (exact) mass is 533 g/mol. The maximum absolute atomic E-state index is 13.6. The van der Waals surface area contributed by atoms with E-state index in [2.05, 4.69) is 15.6 Å². The summed E-state index contributed by atoms with van der Waals surface area (Å²) >= 11 is 6.03. The molecule has 4 aromatic rings. The lowest BCUT2D eigenvalue weighted by atomic mass is 10.1. The normalized spacial score (nSPS) is 12.6. The van der Waals surface area contributed by atoms with Gasteiger partial charge in [0.1, 0.15) is 18.1 Å². The number of aromatic nitrogens is 2. The first-order valence-corrected chi connectivity index (χ1v) is 12.4. The fourth-order valence-electron chi connectivity index (χ4n) is 4.00. The van der Waals surface area contributed by atoms with Crippen LogP contribution in [0.15, 0.2) is 79.0 Å². The van der Waals surface area contributed by atoms with Crippen molar-refractivity contribution >= 4 is 35.2 Å². The summed E-state index contributed by atoms with van der Waals surface area (Å²) < 4.78 is 20.5. The van der Waals surface area contributed by atoms with E-state index in [1.807, 2.05) is 24.3 Å². The Kier molecular flexibility index (Phi) is 7.28. The quantitative estimate of drug-likeness (QED) is 0.292. The molecule has 2 N–H and O–H groups in total. The van der Waals surface area contributed by atoms with E-state index in [1.54, 1.807) is 54.3 Å². The molecule has 1 aliphatic rings. The van der Waals surface area contributed by atoms with E-state index in [9.17, 15) is 14.0 Å². The predicted molar refractivity (Wildman–Crippen MR) is 144 cm³/mol. The number of hydrogen-bond acceptors (Lipinski definition) is 4. The fourth-order valence-corrected chi connectivity index (χ4v) is 4.19. The van der Waals surface area contributed by atoms with Gasteiger partial charge in [0.15, 0.2) is 0 Å². The van der Waals surface area contributed by atoms with Gasteiger partial charge in [0.2, 0.25) is 11.9 Å². The van der Waals surface area contributed by atoms with Crippen molar-refractivity contribution in [3.05, 3.63) is 89.8 Å². The largest absolute Gasteiger partial charge is 0.497 e.